The van der Waals surface area contributed by atoms with Crippen molar-refractivity contribution >= 4 is 12.3 Å². The SMILES string of the molecule is CCCC=CCc1cc(OC=O)c2c(c1)OC[C@H]1CCCC(=O)C[C@@H]21. The number of benzene rings is 1. The van der Waals surface area contributed by atoms with Crippen molar-refractivity contribution in [3.63, 3.8) is 0 Å². The summed E-state index contributed by atoms with van der Waals surface area (Å²) >= 11 is 0. The van der Waals surface area contributed by atoms with Crippen molar-refractivity contribution < 1.29 is 19.1 Å². The second-order valence-corrected chi connectivity index (χ2v) is 7.00. The van der Waals surface area contributed by atoms with Crippen molar-refractivity contribution in [2.45, 2.75) is 57.8 Å². The standard InChI is InChI=1S/C21H26O4/c1-2-3-4-5-7-15-10-19-21(20(11-15)25-14-22)18-12-17(23)9-6-8-16(18)13-24-19/h4-5,10-11,14,16,18H,2-3,6-9,12-13H2,1H3/t16-,18-/m1/s1. The Morgan fingerprint density at radius 1 is 1.32 bits per heavy atom. The molecule has 0 unspecified atom stereocenters. The van der Waals surface area contributed by atoms with Gasteiger partial charge in [0.1, 0.15) is 17.3 Å². The van der Waals surface area contributed by atoms with Gasteiger partial charge in [0.15, 0.2) is 0 Å². The molecule has 134 valence electrons. The van der Waals surface area contributed by atoms with Gasteiger partial charge in [-0.15, -0.1) is 0 Å². The van der Waals surface area contributed by atoms with Crippen LogP contribution in [0.3, 0.4) is 0 Å². The van der Waals surface area contributed by atoms with Crippen LogP contribution < -0.4 is 9.47 Å². The lowest BCUT2D eigenvalue weighted by molar-refractivity contribution is -0.120. The molecule has 1 fully saturated rings. The van der Waals surface area contributed by atoms with E-state index in [4.69, 9.17) is 9.47 Å². The van der Waals surface area contributed by atoms with Crippen LogP contribution in [0, 0.1) is 5.92 Å². The van der Waals surface area contributed by atoms with E-state index in [1.165, 1.54) is 0 Å². The van der Waals surface area contributed by atoms with E-state index in [0.717, 1.165) is 49.0 Å². The van der Waals surface area contributed by atoms with Gasteiger partial charge in [0, 0.05) is 30.2 Å². The van der Waals surface area contributed by atoms with E-state index >= 15 is 0 Å². The second-order valence-electron chi connectivity index (χ2n) is 7.00. The van der Waals surface area contributed by atoms with E-state index in [1.807, 2.05) is 12.1 Å². The third kappa shape index (κ3) is 4.12. The normalized spacial score (nSPS) is 22.7. The monoisotopic (exact) mass is 342 g/mol. The zero-order valence-electron chi connectivity index (χ0n) is 14.8. The minimum Gasteiger partial charge on any atom is -0.493 e. The van der Waals surface area contributed by atoms with Crippen LogP contribution >= 0.6 is 0 Å². The number of ketones is 1. The Kier molecular flexibility index (Phi) is 5.90. The highest BCUT2D eigenvalue weighted by Crippen LogP contribution is 2.48. The predicted molar refractivity (Wildman–Crippen MR) is 96.1 cm³/mol. The molecule has 1 aromatic carbocycles. The lowest BCUT2D eigenvalue weighted by Gasteiger charge is -2.33. The van der Waals surface area contributed by atoms with E-state index in [-0.39, 0.29) is 5.92 Å². The molecule has 0 spiro atoms. The quantitative estimate of drug-likeness (QED) is 0.569. The molecule has 0 N–H and O–H groups in total. The molecular weight excluding hydrogens is 316 g/mol. The fraction of sp³-hybridized carbons (Fsp3) is 0.524. The molecule has 0 aromatic heterocycles. The Hall–Kier alpha value is -2.10. The highest BCUT2D eigenvalue weighted by Gasteiger charge is 2.36. The fourth-order valence-corrected chi connectivity index (χ4v) is 3.92. The van der Waals surface area contributed by atoms with Crippen LogP contribution in [-0.2, 0) is 16.0 Å². The maximum atomic E-state index is 12.1. The topological polar surface area (TPSA) is 52.6 Å². The summed E-state index contributed by atoms with van der Waals surface area (Å²) < 4.78 is 11.3. The minimum atomic E-state index is 0.0957. The second kappa shape index (κ2) is 8.32. The zero-order valence-corrected chi connectivity index (χ0v) is 14.8. The van der Waals surface area contributed by atoms with Crippen LogP contribution in [0.1, 0.15) is 62.5 Å². The van der Waals surface area contributed by atoms with Crippen molar-refractivity contribution in [2.24, 2.45) is 5.92 Å². The van der Waals surface area contributed by atoms with Gasteiger partial charge in [-0.1, -0.05) is 25.5 Å². The number of rotatable bonds is 6. The number of Topliss-reactive ketones (excluding diaryl/α,β-unsaturated/α-hetero) is 1. The minimum absolute atomic E-state index is 0.0957. The molecular formula is C21H26O4. The van der Waals surface area contributed by atoms with Crippen molar-refractivity contribution in [3.8, 4) is 11.5 Å². The Labute approximate surface area is 149 Å². The first kappa shape index (κ1) is 17.7. The predicted octanol–water partition coefficient (Wildman–Crippen LogP) is 4.36. The van der Waals surface area contributed by atoms with Crippen LogP contribution in [0.15, 0.2) is 24.3 Å². The Balaban J connectivity index is 1.93. The van der Waals surface area contributed by atoms with Crippen molar-refractivity contribution in [1.82, 2.24) is 0 Å². The van der Waals surface area contributed by atoms with Gasteiger partial charge in [-0.25, -0.2) is 0 Å². The smallest absolute Gasteiger partial charge is 0.298 e. The van der Waals surface area contributed by atoms with E-state index in [0.29, 0.717) is 43.4 Å². The van der Waals surface area contributed by atoms with E-state index < -0.39 is 0 Å². The summed E-state index contributed by atoms with van der Waals surface area (Å²) in [6.45, 7) is 3.26. The summed E-state index contributed by atoms with van der Waals surface area (Å²) in [6.07, 6.45) is 10.3. The lowest BCUT2D eigenvalue weighted by atomic mass is 9.79. The van der Waals surface area contributed by atoms with Gasteiger partial charge < -0.3 is 9.47 Å². The average Bonchev–Trinajstić information content (AvgIpc) is 2.79. The molecule has 0 amide bonds. The summed E-state index contributed by atoms with van der Waals surface area (Å²) in [4.78, 5) is 23.1. The Morgan fingerprint density at radius 3 is 3.00 bits per heavy atom. The Morgan fingerprint density at radius 2 is 2.20 bits per heavy atom. The number of unbranched alkanes of at least 4 members (excludes halogenated alkanes) is 1. The van der Waals surface area contributed by atoms with Gasteiger partial charge in [0.25, 0.3) is 6.47 Å². The molecule has 4 heteroatoms. The molecule has 0 radical (unpaired) electrons. The summed E-state index contributed by atoms with van der Waals surface area (Å²) in [6, 6.07) is 3.96. The molecule has 1 heterocycles. The number of fused-ring (bicyclic) bond motifs is 3. The third-order valence-corrected chi connectivity index (χ3v) is 5.19. The van der Waals surface area contributed by atoms with Crippen LogP contribution in [0.4, 0.5) is 0 Å². The molecule has 1 aliphatic heterocycles. The molecule has 1 aliphatic carbocycles. The molecule has 25 heavy (non-hydrogen) atoms. The number of hydrogen-bond donors (Lipinski definition) is 0. The summed E-state index contributed by atoms with van der Waals surface area (Å²) in [5, 5.41) is 0. The van der Waals surface area contributed by atoms with Crippen LogP contribution in [0.25, 0.3) is 0 Å². The summed E-state index contributed by atoms with van der Waals surface area (Å²) in [7, 11) is 0. The average molecular weight is 342 g/mol. The van der Waals surface area contributed by atoms with Gasteiger partial charge in [0.05, 0.1) is 6.61 Å². The van der Waals surface area contributed by atoms with Gasteiger partial charge in [0.2, 0.25) is 0 Å². The molecule has 2 aliphatic rings. The van der Waals surface area contributed by atoms with E-state index in [9.17, 15) is 9.59 Å². The maximum absolute atomic E-state index is 12.1. The molecule has 2 atom stereocenters. The highest BCUT2D eigenvalue weighted by molar-refractivity contribution is 5.80. The fourth-order valence-electron chi connectivity index (χ4n) is 3.92. The Bertz CT molecular complexity index is 662. The first-order valence-corrected chi connectivity index (χ1v) is 9.29. The zero-order chi connectivity index (χ0) is 17.6. The first-order chi connectivity index (χ1) is 12.2. The van der Waals surface area contributed by atoms with Gasteiger partial charge in [-0.3, -0.25) is 9.59 Å². The molecule has 1 aromatic rings. The van der Waals surface area contributed by atoms with Gasteiger partial charge in [-0.2, -0.15) is 0 Å². The lowest BCUT2D eigenvalue weighted by Crippen LogP contribution is -2.26. The third-order valence-electron chi connectivity index (χ3n) is 5.19. The molecule has 3 rings (SSSR count). The van der Waals surface area contributed by atoms with E-state index in [1.54, 1.807) is 0 Å². The van der Waals surface area contributed by atoms with Gasteiger partial charge in [-0.05, 0) is 43.4 Å². The van der Waals surface area contributed by atoms with Crippen LogP contribution in [-0.4, -0.2) is 18.9 Å². The number of allylic oxidation sites excluding steroid dienone is 2. The van der Waals surface area contributed by atoms with Crippen molar-refractivity contribution in [2.75, 3.05) is 6.61 Å². The molecule has 4 nitrogen and oxygen atoms in total. The summed E-state index contributed by atoms with van der Waals surface area (Å²) in [5.74, 6) is 2.04. The van der Waals surface area contributed by atoms with Crippen LogP contribution in [0.2, 0.25) is 0 Å². The number of carbonyl (C=O) groups excluding carboxylic acids is 2. The van der Waals surface area contributed by atoms with E-state index in [2.05, 4.69) is 19.1 Å². The molecule has 0 saturated heterocycles. The molecule has 1 saturated carbocycles. The van der Waals surface area contributed by atoms with Crippen molar-refractivity contribution in [3.05, 3.63) is 35.4 Å². The summed E-state index contributed by atoms with van der Waals surface area (Å²) in [5.41, 5.74) is 1.96. The van der Waals surface area contributed by atoms with Crippen molar-refractivity contribution in [1.29, 1.82) is 0 Å². The number of hydrogen-bond acceptors (Lipinski definition) is 4. The first-order valence-electron chi connectivity index (χ1n) is 9.29. The van der Waals surface area contributed by atoms with Crippen LogP contribution in [0.5, 0.6) is 11.5 Å². The molecule has 0 bridgehead atoms. The van der Waals surface area contributed by atoms with Gasteiger partial charge >= 0.3 is 0 Å². The maximum Gasteiger partial charge on any atom is 0.298 e. The number of carbonyl (C=O) groups is 2. The largest absolute Gasteiger partial charge is 0.493 e. The number of ether oxygens (including phenoxy) is 2. The highest BCUT2D eigenvalue weighted by atomic mass is 16.5.